The number of rotatable bonds is 5. The Morgan fingerprint density at radius 3 is 2.75 bits per heavy atom. The van der Waals surface area contributed by atoms with Gasteiger partial charge in [0, 0.05) is 18.3 Å². The first-order chi connectivity index (χ1) is 7.42. The highest BCUT2D eigenvalue weighted by Gasteiger charge is 2.28. The van der Waals surface area contributed by atoms with E-state index in [1.165, 1.54) is 0 Å². The van der Waals surface area contributed by atoms with Gasteiger partial charge in [0.25, 0.3) is 0 Å². The van der Waals surface area contributed by atoms with Gasteiger partial charge < -0.3 is 0 Å². The fourth-order valence-electron chi connectivity index (χ4n) is 1.09. The molecule has 4 nitrogen and oxygen atoms in total. The SMILES string of the molecule is CCn1cc(C(C)NOCC(F)(F)F)cn1. The van der Waals surface area contributed by atoms with Gasteiger partial charge in [0.1, 0.15) is 0 Å². The number of nitrogens with zero attached hydrogens (tertiary/aromatic N) is 2. The van der Waals surface area contributed by atoms with Crippen molar-refractivity contribution in [2.24, 2.45) is 0 Å². The average molecular weight is 237 g/mol. The van der Waals surface area contributed by atoms with Crippen molar-refractivity contribution in [1.82, 2.24) is 15.3 Å². The van der Waals surface area contributed by atoms with Gasteiger partial charge in [-0.25, -0.2) is 0 Å². The van der Waals surface area contributed by atoms with Crippen LogP contribution in [0.4, 0.5) is 13.2 Å². The molecule has 1 atom stereocenters. The molecule has 0 amide bonds. The van der Waals surface area contributed by atoms with E-state index in [2.05, 4.69) is 15.4 Å². The van der Waals surface area contributed by atoms with Crippen molar-refractivity contribution in [2.45, 2.75) is 32.6 Å². The van der Waals surface area contributed by atoms with Gasteiger partial charge in [0.2, 0.25) is 0 Å². The van der Waals surface area contributed by atoms with Crippen LogP contribution in [-0.4, -0.2) is 22.6 Å². The first kappa shape index (κ1) is 13.0. The van der Waals surface area contributed by atoms with Crippen LogP contribution in [-0.2, 0) is 11.4 Å². The van der Waals surface area contributed by atoms with Crippen molar-refractivity contribution < 1.29 is 18.0 Å². The lowest BCUT2D eigenvalue weighted by molar-refractivity contribution is -0.192. The van der Waals surface area contributed by atoms with Crippen molar-refractivity contribution in [1.29, 1.82) is 0 Å². The molecule has 0 radical (unpaired) electrons. The number of hydrogen-bond acceptors (Lipinski definition) is 3. The lowest BCUT2D eigenvalue weighted by Crippen LogP contribution is -2.26. The number of hydrogen-bond donors (Lipinski definition) is 1. The van der Waals surface area contributed by atoms with Gasteiger partial charge in [-0.3, -0.25) is 9.52 Å². The van der Waals surface area contributed by atoms with Crippen LogP contribution < -0.4 is 5.48 Å². The van der Waals surface area contributed by atoms with E-state index >= 15 is 0 Å². The number of hydroxylamine groups is 1. The second kappa shape index (κ2) is 5.31. The summed E-state index contributed by atoms with van der Waals surface area (Å²) in [6.45, 7) is 3.04. The van der Waals surface area contributed by atoms with Gasteiger partial charge in [-0.2, -0.15) is 23.8 Å². The minimum absolute atomic E-state index is 0.331. The van der Waals surface area contributed by atoms with Crippen molar-refractivity contribution in [2.75, 3.05) is 6.61 Å². The van der Waals surface area contributed by atoms with E-state index in [-0.39, 0.29) is 6.04 Å². The van der Waals surface area contributed by atoms with Crippen LogP contribution in [0.2, 0.25) is 0 Å². The van der Waals surface area contributed by atoms with Gasteiger partial charge in [-0.05, 0) is 13.8 Å². The van der Waals surface area contributed by atoms with Gasteiger partial charge >= 0.3 is 6.18 Å². The summed E-state index contributed by atoms with van der Waals surface area (Å²) < 4.78 is 37.0. The number of halogens is 3. The maximum atomic E-state index is 11.8. The van der Waals surface area contributed by atoms with Gasteiger partial charge in [-0.15, -0.1) is 0 Å². The molecule has 1 unspecified atom stereocenters. The van der Waals surface area contributed by atoms with E-state index in [9.17, 15) is 13.2 Å². The van der Waals surface area contributed by atoms with E-state index < -0.39 is 12.8 Å². The van der Waals surface area contributed by atoms with Crippen molar-refractivity contribution in [3.63, 3.8) is 0 Å². The molecule has 0 saturated heterocycles. The van der Waals surface area contributed by atoms with Gasteiger partial charge in [-0.1, -0.05) is 0 Å². The topological polar surface area (TPSA) is 39.1 Å². The summed E-state index contributed by atoms with van der Waals surface area (Å²) >= 11 is 0. The van der Waals surface area contributed by atoms with Crippen molar-refractivity contribution in [3.8, 4) is 0 Å². The molecule has 0 bridgehead atoms. The standard InChI is InChI=1S/C9H14F3N3O/c1-3-15-5-8(4-13-15)7(2)14-16-6-9(10,11)12/h4-5,7,14H,3,6H2,1-2H3. The van der Waals surface area contributed by atoms with Gasteiger partial charge in [0.05, 0.1) is 12.2 Å². The predicted octanol–water partition coefficient (Wildman–Crippen LogP) is 2.05. The highest BCUT2D eigenvalue weighted by molar-refractivity contribution is 5.08. The minimum Gasteiger partial charge on any atom is -0.292 e. The average Bonchev–Trinajstić information content (AvgIpc) is 2.63. The third kappa shape index (κ3) is 4.19. The van der Waals surface area contributed by atoms with Crippen LogP contribution in [0.1, 0.15) is 25.5 Å². The molecule has 1 heterocycles. The fourth-order valence-corrected chi connectivity index (χ4v) is 1.09. The number of aryl methyl sites for hydroxylation is 1. The lowest BCUT2D eigenvalue weighted by Gasteiger charge is -2.13. The van der Waals surface area contributed by atoms with Crippen LogP contribution in [0.5, 0.6) is 0 Å². The molecule has 16 heavy (non-hydrogen) atoms. The van der Waals surface area contributed by atoms with E-state index in [1.54, 1.807) is 24.0 Å². The molecular weight excluding hydrogens is 223 g/mol. The zero-order valence-corrected chi connectivity index (χ0v) is 9.08. The molecule has 1 aromatic heterocycles. The second-order valence-corrected chi connectivity index (χ2v) is 3.37. The highest BCUT2D eigenvalue weighted by Crippen LogP contribution is 2.15. The summed E-state index contributed by atoms with van der Waals surface area (Å²) in [7, 11) is 0. The summed E-state index contributed by atoms with van der Waals surface area (Å²) in [6, 6.07) is -0.331. The molecule has 0 aliphatic rings. The Morgan fingerprint density at radius 2 is 2.25 bits per heavy atom. The summed E-state index contributed by atoms with van der Waals surface area (Å²) in [5.74, 6) is 0. The normalized spacial score (nSPS) is 14.1. The number of alkyl halides is 3. The monoisotopic (exact) mass is 237 g/mol. The predicted molar refractivity (Wildman–Crippen MR) is 51.5 cm³/mol. The Morgan fingerprint density at radius 1 is 1.56 bits per heavy atom. The quantitative estimate of drug-likeness (QED) is 0.796. The molecule has 1 rings (SSSR count). The summed E-state index contributed by atoms with van der Waals surface area (Å²) in [5.41, 5.74) is 3.10. The number of aromatic nitrogens is 2. The van der Waals surface area contributed by atoms with E-state index in [4.69, 9.17) is 0 Å². The zero-order valence-electron chi connectivity index (χ0n) is 9.08. The molecule has 0 saturated carbocycles. The van der Waals surface area contributed by atoms with Crippen LogP contribution in [0.3, 0.4) is 0 Å². The van der Waals surface area contributed by atoms with Crippen LogP contribution in [0.15, 0.2) is 12.4 Å². The molecule has 0 spiro atoms. The Kier molecular flexibility index (Phi) is 4.31. The van der Waals surface area contributed by atoms with Crippen LogP contribution in [0, 0.1) is 0 Å². The molecule has 92 valence electrons. The molecule has 1 N–H and O–H groups in total. The molecular formula is C9H14F3N3O. The van der Waals surface area contributed by atoms with Crippen LogP contribution in [0.25, 0.3) is 0 Å². The van der Waals surface area contributed by atoms with E-state index in [0.717, 1.165) is 12.1 Å². The largest absolute Gasteiger partial charge is 0.413 e. The zero-order chi connectivity index (χ0) is 12.2. The fraction of sp³-hybridized carbons (Fsp3) is 0.667. The molecule has 0 aliphatic carbocycles. The molecule has 0 fully saturated rings. The van der Waals surface area contributed by atoms with Crippen molar-refractivity contribution in [3.05, 3.63) is 18.0 Å². The molecule has 1 aromatic rings. The Bertz CT molecular complexity index is 324. The smallest absolute Gasteiger partial charge is 0.292 e. The van der Waals surface area contributed by atoms with Crippen molar-refractivity contribution >= 4 is 0 Å². The Balaban J connectivity index is 2.37. The lowest BCUT2D eigenvalue weighted by atomic mass is 10.2. The summed E-state index contributed by atoms with van der Waals surface area (Å²) in [4.78, 5) is 4.35. The van der Waals surface area contributed by atoms with Gasteiger partial charge in [0.15, 0.2) is 6.61 Å². The van der Waals surface area contributed by atoms with Crippen LogP contribution >= 0.6 is 0 Å². The Labute approximate surface area is 91.3 Å². The highest BCUT2D eigenvalue weighted by atomic mass is 19.4. The third-order valence-electron chi connectivity index (χ3n) is 1.97. The summed E-state index contributed by atoms with van der Waals surface area (Å²) in [5, 5.41) is 4.01. The first-order valence-corrected chi connectivity index (χ1v) is 4.89. The molecule has 0 aliphatic heterocycles. The molecule has 7 heteroatoms. The maximum absolute atomic E-state index is 11.8. The number of nitrogens with one attached hydrogen (secondary N) is 1. The Hall–Kier alpha value is -1.08. The third-order valence-corrected chi connectivity index (χ3v) is 1.97. The summed E-state index contributed by atoms with van der Waals surface area (Å²) in [6.07, 6.45) is -0.965. The van der Waals surface area contributed by atoms with E-state index in [0.29, 0.717) is 0 Å². The molecule has 0 aromatic carbocycles. The first-order valence-electron chi connectivity index (χ1n) is 4.89. The second-order valence-electron chi connectivity index (χ2n) is 3.37. The maximum Gasteiger partial charge on any atom is 0.413 e. The minimum atomic E-state index is -4.32. The van der Waals surface area contributed by atoms with E-state index in [1.807, 2.05) is 6.92 Å².